The second-order valence-electron chi connectivity index (χ2n) is 6.44. The van der Waals surface area contributed by atoms with Gasteiger partial charge < -0.3 is 14.2 Å². The molecule has 8 nitrogen and oxygen atoms in total. The van der Waals surface area contributed by atoms with Gasteiger partial charge in [-0.3, -0.25) is 14.5 Å². The van der Waals surface area contributed by atoms with Crippen LogP contribution in [0.25, 0.3) is 0 Å². The summed E-state index contributed by atoms with van der Waals surface area (Å²) in [5.41, 5.74) is 1.37. The summed E-state index contributed by atoms with van der Waals surface area (Å²) < 4.78 is 15.3. The van der Waals surface area contributed by atoms with Gasteiger partial charge in [-0.1, -0.05) is 37.3 Å². The van der Waals surface area contributed by atoms with Gasteiger partial charge in [0.2, 0.25) is 0 Å². The molecule has 0 fully saturated rings. The molecule has 0 N–H and O–H groups in total. The molecule has 0 heterocycles. The van der Waals surface area contributed by atoms with Crippen molar-refractivity contribution in [2.24, 2.45) is 0 Å². The molecule has 0 spiro atoms. The van der Waals surface area contributed by atoms with Gasteiger partial charge in [0.15, 0.2) is 6.61 Å². The minimum atomic E-state index is -0.557. The van der Waals surface area contributed by atoms with Crippen LogP contribution >= 0.6 is 0 Å². The van der Waals surface area contributed by atoms with E-state index in [0.29, 0.717) is 17.9 Å². The molecule has 2 aromatic carbocycles. The summed E-state index contributed by atoms with van der Waals surface area (Å²) in [4.78, 5) is 37.0. The molecule has 8 heteroatoms. The fourth-order valence-electron chi connectivity index (χ4n) is 2.58. The van der Waals surface area contributed by atoms with Crippen LogP contribution in [0.5, 0.6) is 5.75 Å². The van der Waals surface area contributed by atoms with Crippen LogP contribution in [0, 0.1) is 11.3 Å². The summed E-state index contributed by atoms with van der Waals surface area (Å²) in [5.74, 6) is -0.392. The number of amides is 1. The monoisotopic (exact) mass is 424 g/mol. The first kappa shape index (κ1) is 23.4. The molecule has 0 aliphatic rings. The summed E-state index contributed by atoms with van der Waals surface area (Å²) in [6.07, 6.45) is 0.158. The lowest BCUT2D eigenvalue weighted by atomic mass is 10.2. The summed E-state index contributed by atoms with van der Waals surface area (Å²) in [6, 6.07) is 17.4. The van der Waals surface area contributed by atoms with E-state index < -0.39 is 12.1 Å². The zero-order chi connectivity index (χ0) is 22.5. The van der Waals surface area contributed by atoms with Crippen LogP contribution in [0.3, 0.4) is 0 Å². The number of ether oxygens (including phenoxy) is 3. The number of benzene rings is 2. The van der Waals surface area contributed by atoms with E-state index in [1.165, 1.54) is 4.90 Å². The van der Waals surface area contributed by atoms with Crippen molar-refractivity contribution in [1.82, 2.24) is 0 Å². The number of hydrogen-bond donors (Lipinski definition) is 0. The number of carbonyl (C=O) groups is 3. The number of esters is 2. The van der Waals surface area contributed by atoms with Gasteiger partial charge in [0.1, 0.15) is 18.4 Å². The molecular formula is C23H24N2O6. The molecule has 0 saturated heterocycles. The van der Waals surface area contributed by atoms with Crippen molar-refractivity contribution in [2.45, 2.75) is 32.8 Å². The molecule has 0 saturated carbocycles. The topological polar surface area (TPSA) is 106 Å². The van der Waals surface area contributed by atoms with Crippen LogP contribution < -0.4 is 9.64 Å². The summed E-state index contributed by atoms with van der Waals surface area (Å²) in [7, 11) is 0. The Balaban J connectivity index is 1.94. The first-order valence-corrected chi connectivity index (χ1v) is 9.85. The molecule has 0 bridgehead atoms. The lowest BCUT2D eigenvalue weighted by Crippen LogP contribution is -2.32. The second kappa shape index (κ2) is 12.6. The highest BCUT2D eigenvalue weighted by Crippen LogP contribution is 2.18. The fraction of sp³-hybridized carbons (Fsp3) is 0.304. The van der Waals surface area contributed by atoms with Gasteiger partial charge in [-0.25, -0.2) is 4.79 Å². The molecule has 0 unspecified atom stereocenters. The van der Waals surface area contributed by atoms with Crippen molar-refractivity contribution in [3.05, 3.63) is 60.2 Å². The fourth-order valence-corrected chi connectivity index (χ4v) is 2.58. The van der Waals surface area contributed by atoms with Crippen LogP contribution in [-0.4, -0.2) is 31.2 Å². The van der Waals surface area contributed by atoms with Crippen molar-refractivity contribution in [2.75, 3.05) is 18.1 Å². The van der Waals surface area contributed by atoms with Crippen molar-refractivity contribution in [3.63, 3.8) is 0 Å². The summed E-state index contributed by atoms with van der Waals surface area (Å²) in [5, 5.41) is 8.45. The average molecular weight is 424 g/mol. The van der Waals surface area contributed by atoms with Gasteiger partial charge in [0.25, 0.3) is 0 Å². The molecule has 162 valence electrons. The van der Waals surface area contributed by atoms with E-state index in [0.717, 1.165) is 5.56 Å². The highest BCUT2D eigenvalue weighted by molar-refractivity contribution is 5.87. The number of anilines is 1. The SMILES string of the molecule is CCC(=O)Oc1ccc(COC(=O)N(CCCC(=O)OCC#N)c2ccccc2)cc1. The van der Waals surface area contributed by atoms with Crippen molar-refractivity contribution >= 4 is 23.7 Å². The molecule has 31 heavy (non-hydrogen) atoms. The Bertz CT molecular complexity index is 906. The minimum Gasteiger partial charge on any atom is -0.450 e. The molecule has 0 aromatic heterocycles. The predicted octanol–water partition coefficient (Wildman–Crippen LogP) is 3.99. The summed E-state index contributed by atoms with van der Waals surface area (Å²) >= 11 is 0. The smallest absolute Gasteiger partial charge is 0.414 e. The summed E-state index contributed by atoms with van der Waals surface area (Å²) in [6.45, 7) is 1.70. The minimum absolute atomic E-state index is 0.0361. The Morgan fingerprint density at radius 2 is 1.68 bits per heavy atom. The Hall–Kier alpha value is -3.86. The van der Waals surface area contributed by atoms with Crippen LogP contribution in [0.1, 0.15) is 31.7 Å². The van der Waals surface area contributed by atoms with Gasteiger partial charge in [-0.15, -0.1) is 0 Å². The van der Waals surface area contributed by atoms with E-state index in [9.17, 15) is 14.4 Å². The number of para-hydroxylation sites is 1. The molecular weight excluding hydrogens is 400 g/mol. The standard InChI is InChI=1S/C23H24N2O6/c1-2-21(26)31-20-12-10-18(11-13-20)17-30-23(28)25(19-7-4-3-5-8-19)15-6-9-22(27)29-16-14-24/h3-5,7-8,10-13H,2,6,9,15-17H2,1H3. The number of nitriles is 1. The van der Waals surface area contributed by atoms with Crippen molar-refractivity contribution in [1.29, 1.82) is 5.26 Å². The first-order chi connectivity index (χ1) is 15.0. The Morgan fingerprint density at radius 3 is 2.32 bits per heavy atom. The number of nitrogens with zero attached hydrogens (tertiary/aromatic N) is 2. The molecule has 0 aliphatic heterocycles. The van der Waals surface area contributed by atoms with Crippen molar-refractivity contribution < 1.29 is 28.6 Å². The molecule has 0 radical (unpaired) electrons. The Morgan fingerprint density at radius 1 is 0.968 bits per heavy atom. The van der Waals surface area contributed by atoms with Gasteiger partial charge in [-0.2, -0.15) is 5.26 Å². The Kier molecular flexibility index (Phi) is 9.56. The molecule has 2 rings (SSSR count). The maximum absolute atomic E-state index is 12.7. The largest absolute Gasteiger partial charge is 0.450 e. The van der Waals surface area contributed by atoms with Gasteiger partial charge in [0.05, 0.1) is 0 Å². The molecule has 0 aliphatic carbocycles. The Labute approximate surface area is 180 Å². The highest BCUT2D eigenvalue weighted by atomic mass is 16.6. The molecule has 0 atom stereocenters. The quantitative estimate of drug-likeness (QED) is 0.419. The normalized spacial score (nSPS) is 9.94. The number of carbonyl (C=O) groups excluding carboxylic acids is 3. The molecule has 1 amide bonds. The van der Waals surface area contributed by atoms with E-state index in [1.54, 1.807) is 61.5 Å². The maximum Gasteiger partial charge on any atom is 0.414 e. The van der Waals surface area contributed by atoms with E-state index in [2.05, 4.69) is 0 Å². The first-order valence-electron chi connectivity index (χ1n) is 9.85. The predicted molar refractivity (Wildman–Crippen MR) is 112 cm³/mol. The van der Waals surface area contributed by atoms with E-state index >= 15 is 0 Å². The van der Waals surface area contributed by atoms with Crippen LogP contribution in [0.2, 0.25) is 0 Å². The lowest BCUT2D eigenvalue weighted by molar-refractivity contribution is -0.142. The third-order valence-corrected chi connectivity index (χ3v) is 4.15. The van der Waals surface area contributed by atoms with Crippen molar-refractivity contribution in [3.8, 4) is 11.8 Å². The second-order valence-corrected chi connectivity index (χ2v) is 6.44. The zero-order valence-electron chi connectivity index (χ0n) is 17.3. The zero-order valence-corrected chi connectivity index (χ0v) is 17.3. The van der Waals surface area contributed by atoms with Crippen LogP contribution in [0.15, 0.2) is 54.6 Å². The molecule has 2 aromatic rings. The average Bonchev–Trinajstić information content (AvgIpc) is 2.80. The third-order valence-electron chi connectivity index (χ3n) is 4.15. The maximum atomic E-state index is 12.7. The van der Waals surface area contributed by atoms with Gasteiger partial charge >= 0.3 is 18.0 Å². The van der Waals surface area contributed by atoms with E-state index in [4.69, 9.17) is 19.5 Å². The number of hydrogen-bond acceptors (Lipinski definition) is 7. The van der Waals surface area contributed by atoms with E-state index in [-0.39, 0.29) is 38.6 Å². The number of rotatable bonds is 10. The van der Waals surface area contributed by atoms with Gasteiger partial charge in [0, 0.05) is 25.1 Å². The van der Waals surface area contributed by atoms with Crippen LogP contribution in [0.4, 0.5) is 10.5 Å². The third kappa shape index (κ3) is 8.19. The van der Waals surface area contributed by atoms with Crippen LogP contribution in [-0.2, 0) is 25.7 Å². The lowest BCUT2D eigenvalue weighted by Gasteiger charge is -2.22. The van der Waals surface area contributed by atoms with Gasteiger partial charge in [-0.05, 0) is 36.2 Å². The van der Waals surface area contributed by atoms with E-state index in [1.807, 2.05) is 6.07 Å². The highest BCUT2D eigenvalue weighted by Gasteiger charge is 2.18.